The van der Waals surface area contributed by atoms with Gasteiger partial charge < -0.3 is 49.2 Å². The van der Waals surface area contributed by atoms with Crippen molar-refractivity contribution >= 4 is 33.9 Å². The third-order valence-electron chi connectivity index (χ3n) is 6.61. The molecule has 0 aromatic carbocycles. The lowest BCUT2D eigenvalue weighted by Gasteiger charge is -2.40. The van der Waals surface area contributed by atoms with E-state index in [4.69, 9.17) is 18.9 Å². The van der Waals surface area contributed by atoms with Crippen LogP contribution in [0.25, 0.3) is 0 Å². The van der Waals surface area contributed by atoms with Gasteiger partial charge in [-0.3, -0.25) is 9.98 Å². The van der Waals surface area contributed by atoms with E-state index in [2.05, 4.69) is 9.98 Å². The summed E-state index contributed by atoms with van der Waals surface area (Å²) in [5.74, 6) is 0. The predicted molar refractivity (Wildman–Crippen MR) is 139 cm³/mol. The second kappa shape index (κ2) is 12.5. The zero-order valence-electron chi connectivity index (χ0n) is 22.0. The summed E-state index contributed by atoms with van der Waals surface area (Å²) < 4.78 is 22.0. The maximum absolute atomic E-state index is 10.1. The first kappa shape index (κ1) is 29.9. The molecule has 0 amide bonds. The number of hydrogen-bond donors (Lipinski definition) is 4. The van der Waals surface area contributed by atoms with Crippen molar-refractivity contribution < 1.29 is 39.4 Å². The molecule has 12 atom stereocenters. The molecule has 0 bridgehead atoms. The fourth-order valence-corrected chi connectivity index (χ4v) is 6.52. The number of amidine groups is 2. The molecule has 4 rings (SSSR count). The summed E-state index contributed by atoms with van der Waals surface area (Å²) >= 11 is 2.93. The molecule has 4 aliphatic rings. The van der Waals surface area contributed by atoms with Gasteiger partial charge >= 0.3 is 0 Å². The molecule has 0 spiro atoms. The van der Waals surface area contributed by atoms with Gasteiger partial charge in [0.15, 0.2) is 10.3 Å². The minimum Gasteiger partial charge on any atom is -0.388 e. The largest absolute Gasteiger partial charge is 0.388 e. The van der Waals surface area contributed by atoms with Crippen molar-refractivity contribution in [3.8, 4) is 0 Å². The van der Waals surface area contributed by atoms with Gasteiger partial charge in [-0.2, -0.15) is 0 Å². The van der Waals surface area contributed by atoms with Crippen LogP contribution in [0.1, 0.15) is 13.8 Å². The summed E-state index contributed by atoms with van der Waals surface area (Å²) in [6.07, 6.45) is -5.42. The lowest BCUT2D eigenvalue weighted by Crippen LogP contribution is -2.58. The van der Waals surface area contributed by atoms with Crippen molar-refractivity contribution in [2.45, 2.75) is 85.6 Å². The Balaban J connectivity index is 0.000000201. The van der Waals surface area contributed by atoms with E-state index in [-0.39, 0.29) is 23.1 Å². The SMILES string of the molecule is CO[C@@H](C)[C@H]1O[C@@H]2SC(N(C)C)=N[C@@H]2[C@@H](O)[C@@H]1O.CO[C@H](C)[C@H]1O[C@@H]2SC(N(C)C)=N[C@@H]2[C@@H](O)[C@@H]1O. The van der Waals surface area contributed by atoms with E-state index in [0.29, 0.717) is 0 Å². The van der Waals surface area contributed by atoms with Crippen LogP contribution in [0.15, 0.2) is 9.98 Å². The van der Waals surface area contributed by atoms with Crippen LogP contribution in [0.3, 0.4) is 0 Å². The summed E-state index contributed by atoms with van der Waals surface area (Å²) in [5.41, 5.74) is -0.521. The van der Waals surface area contributed by atoms with Crippen molar-refractivity contribution in [2.24, 2.45) is 9.98 Å². The summed E-state index contributed by atoms with van der Waals surface area (Å²) in [4.78, 5) is 12.5. The Morgan fingerprint density at radius 2 is 1.03 bits per heavy atom. The van der Waals surface area contributed by atoms with Crippen molar-refractivity contribution in [3.05, 3.63) is 0 Å². The van der Waals surface area contributed by atoms with Crippen molar-refractivity contribution in [1.82, 2.24) is 9.80 Å². The van der Waals surface area contributed by atoms with Gasteiger partial charge in [0.25, 0.3) is 0 Å². The molecule has 4 aliphatic heterocycles. The maximum atomic E-state index is 10.1. The predicted octanol–water partition coefficient (Wildman–Crippen LogP) is -0.998. The molecule has 208 valence electrons. The monoisotopic (exact) mass is 552 g/mol. The van der Waals surface area contributed by atoms with E-state index in [1.165, 1.54) is 23.5 Å². The third kappa shape index (κ3) is 6.14. The fraction of sp³-hybridized carbons (Fsp3) is 0.909. The summed E-state index contributed by atoms with van der Waals surface area (Å²) in [5, 5.41) is 42.0. The van der Waals surface area contributed by atoms with Crippen LogP contribution < -0.4 is 0 Å². The van der Waals surface area contributed by atoms with Crippen LogP contribution in [0.5, 0.6) is 0 Å². The molecular weight excluding hydrogens is 512 g/mol. The highest BCUT2D eigenvalue weighted by atomic mass is 32.2. The number of aliphatic hydroxyl groups is 4. The molecule has 2 saturated heterocycles. The summed E-state index contributed by atoms with van der Waals surface area (Å²) in [6.45, 7) is 3.63. The van der Waals surface area contributed by atoms with Crippen LogP contribution in [0, 0.1) is 0 Å². The van der Waals surface area contributed by atoms with E-state index < -0.39 is 48.7 Å². The molecular formula is C22H40N4O8S2. The number of aliphatic imine (C=N–C) groups is 2. The highest BCUT2D eigenvalue weighted by molar-refractivity contribution is 8.14. The smallest absolute Gasteiger partial charge is 0.161 e. The van der Waals surface area contributed by atoms with Crippen LogP contribution >= 0.6 is 23.5 Å². The molecule has 12 nitrogen and oxygen atoms in total. The number of fused-ring (bicyclic) bond motifs is 2. The van der Waals surface area contributed by atoms with Gasteiger partial charge in [0, 0.05) is 42.4 Å². The van der Waals surface area contributed by atoms with Crippen molar-refractivity contribution in [2.75, 3.05) is 42.4 Å². The van der Waals surface area contributed by atoms with Gasteiger partial charge in [0.1, 0.15) is 59.6 Å². The summed E-state index contributed by atoms with van der Waals surface area (Å²) in [6, 6.07) is -0.828. The number of rotatable bonds is 4. The Bertz CT molecular complexity index is 742. The first-order valence-electron chi connectivity index (χ1n) is 11.8. The normalized spacial score (nSPS) is 41.2. The van der Waals surface area contributed by atoms with Gasteiger partial charge in [-0.25, -0.2) is 0 Å². The average molecular weight is 553 g/mol. The Kier molecular flexibility index (Phi) is 10.3. The second-order valence-corrected chi connectivity index (χ2v) is 11.7. The van der Waals surface area contributed by atoms with E-state index in [0.717, 1.165) is 10.3 Å². The van der Waals surface area contributed by atoms with Gasteiger partial charge in [-0.1, -0.05) is 23.5 Å². The molecule has 0 aliphatic carbocycles. The highest BCUT2D eigenvalue weighted by Crippen LogP contribution is 2.39. The molecule has 36 heavy (non-hydrogen) atoms. The minimum absolute atomic E-state index is 0.261. The number of ether oxygens (including phenoxy) is 4. The first-order valence-corrected chi connectivity index (χ1v) is 13.6. The zero-order chi connectivity index (χ0) is 26.9. The molecule has 4 heterocycles. The van der Waals surface area contributed by atoms with E-state index in [9.17, 15) is 20.4 Å². The van der Waals surface area contributed by atoms with Gasteiger partial charge in [0.2, 0.25) is 0 Å². The number of hydrogen-bond acceptors (Lipinski definition) is 14. The van der Waals surface area contributed by atoms with E-state index >= 15 is 0 Å². The van der Waals surface area contributed by atoms with E-state index in [1.54, 1.807) is 14.2 Å². The first-order chi connectivity index (χ1) is 16.9. The van der Waals surface area contributed by atoms with Gasteiger partial charge in [-0.05, 0) is 13.8 Å². The highest BCUT2D eigenvalue weighted by Gasteiger charge is 2.51. The quantitative estimate of drug-likeness (QED) is 0.339. The lowest BCUT2D eigenvalue weighted by atomic mass is 9.95. The van der Waals surface area contributed by atoms with Crippen molar-refractivity contribution in [3.63, 3.8) is 0 Å². The van der Waals surface area contributed by atoms with Crippen LogP contribution in [-0.4, -0.2) is 155 Å². The Labute approximate surface area is 221 Å². The van der Waals surface area contributed by atoms with Gasteiger partial charge in [-0.15, -0.1) is 0 Å². The molecule has 4 N–H and O–H groups in total. The van der Waals surface area contributed by atoms with Gasteiger partial charge in [0.05, 0.1) is 12.2 Å². The maximum Gasteiger partial charge on any atom is 0.161 e. The fourth-order valence-electron chi connectivity index (χ4n) is 4.23. The zero-order valence-corrected chi connectivity index (χ0v) is 23.6. The second-order valence-electron chi connectivity index (χ2n) is 9.61. The molecule has 0 saturated carbocycles. The standard InChI is InChI=1S/2C11H20N2O4S/c2*1-5(16-4)9-8(15)7(14)6-10(17-9)18-11(12-6)13(2)3/h2*5-10,14-15H,1-4H3/t5-,6+,7+,8-,9+,10+;5-,6-,7-,8+,9-,10-/m01/s1. The average Bonchev–Trinajstić information content (AvgIpc) is 3.48. The topological polar surface area (TPSA) is 149 Å². The number of nitrogens with zero attached hydrogens (tertiary/aromatic N) is 4. The molecule has 0 aromatic rings. The Morgan fingerprint density at radius 3 is 1.31 bits per heavy atom. The van der Waals surface area contributed by atoms with E-state index in [1.807, 2.05) is 51.8 Å². The van der Waals surface area contributed by atoms with Crippen LogP contribution in [-0.2, 0) is 18.9 Å². The molecule has 14 heteroatoms. The number of methoxy groups -OCH3 is 2. The summed E-state index contributed by atoms with van der Waals surface area (Å²) in [7, 11) is 10.7. The third-order valence-corrected chi connectivity index (χ3v) is 9.22. The molecule has 2 fully saturated rings. The minimum atomic E-state index is -0.980. The molecule has 0 unspecified atom stereocenters. The number of aliphatic hydroxyl groups excluding tert-OH is 4. The van der Waals surface area contributed by atoms with Crippen molar-refractivity contribution in [1.29, 1.82) is 0 Å². The number of thioether (sulfide) groups is 2. The Hall–Kier alpha value is -0.680. The van der Waals surface area contributed by atoms with Crippen LogP contribution in [0.4, 0.5) is 0 Å². The van der Waals surface area contributed by atoms with Crippen LogP contribution in [0.2, 0.25) is 0 Å². The molecule has 0 aromatic heterocycles. The Morgan fingerprint density at radius 1 is 0.694 bits per heavy atom. The molecule has 0 radical (unpaired) electrons. The lowest BCUT2D eigenvalue weighted by molar-refractivity contribution is -0.186.